The van der Waals surface area contributed by atoms with Crippen molar-refractivity contribution in [2.24, 2.45) is 0 Å². The van der Waals surface area contributed by atoms with Gasteiger partial charge in [0.2, 0.25) is 0 Å². The summed E-state index contributed by atoms with van der Waals surface area (Å²) in [5, 5.41) is 2.40. The van der Waals surface area contributed by atoms with Crippen LogP contribution < -0.4 is 11.5 Å². The highest BCUT2D eigenvalue weighted by Crippen LogP contribution is 2.42. The standard InChI is InChI=1S/C20H20N2/c21-17-11-9-13-5-1-3-7-15(13)19(17)20-16-8-4-2-6-14(16)10-12-18(20)22/h1,3,5,7,9-12H,2,4,6,8,21-22H2. The molecule has 0 aliphatic heterocycles. The highest BCUT2D eigenvalue weighted by molar-refractivity contribution is 6.05. The molecule has 3 aromatic carbocycles. The van der Waals surface area contributed by atoms with Crippen molar-refractivity contribution in [2.75, 3.05) is 11.5 Å². The summed E-state index contributed by atoms with van der Waals surface area (Å²) in [6.45, 7) is 0. The Balaban J connectivity index is 2.10. The molecule has 4 rings (SSSR count). The van der Waals surface area contributed by atoms with E-state index in [9.17, 15) is 0 Å². The first-order chi connectivity index (χ1) is 10.8. The third-order valence-electron chi connectivity index (χ3n) is 4.78. The molecule has 3 aromatic rings. The minimum absolute atomic E-state index is 0.810. The Bertz CT molecular complexity index is 865. The molecule has 0 radical (unpaired) electrons. The van der Waals surface area contributed by atoms with Crippen molar-refractivity contribution in [1.82, 2.24) is 0 Å². The van der Waals surface area contributed by atoms with Gasteiger partial charge in [-0.15, -0.1) is 0 Å². The SMILES string of the molecule is Nc1ccc2c(c1-c1c(N)ccc3ccccc13)CCCC2. The van der Waals surface area contributed by atoms with E-state index in [1.54, 1.807) is 0 Å². The lowest BCUT2D eigenvalue weighted by atomic mass is 9.83. The molecule has 0 spiro atoms. The van der Waals surface area contributed by atoms with E-state index in [2.05, 4.69) is 36.4 Å². The largest absolute Gasteiger partial charge is 0.398 e. The number of nitrogen functional groups attached to an aromatic ring is 2. The molecule has 1 aliphatic rings. The smallest absolute Gasteiger partial charge is 0.0401 e. The zero-order valence-electron chi connectivity index (χ0n) is 12.6. The quantitative estimate of drug-likeness (QED) is 0.645. The molecule has 2 heteroatoms. The van der Waals surface area contributed by atoms with E-state index in [4.69, 9.17) is 11.5 Å². The van der Waals surface area contributed by atoms with Crippen LogP contribution in [-0.4, -0.2) is 0 Å². The van der Waals surface area contributed by atoms with Gasteiger partial charge in [-0.2, -0.15) is 0 Å². The Kier molecular flexibility index (Phi) is 3.04. The maximum absolute atomic E-state index is 6.38. The molecule has 0 unspecified atom stereocenters. The predicted molar refractivity (Wildman–Crippen MR) is 94.9 cm³/mol. The lowest BCUT2D eigenvalue weighted by Crippen LogP contribution is -2.08. The Labute approximate surface area is 130 Å². The van der Waals surface area contributed by atoms with E-state index >= 15 is 0 Å². The molecule has 2 nitrogen and oxygen atoms in total. The van der Waals surface area contributed by atoms with Gasteiger partial charge in [-0.1, -0.05) is 36.4 Å². The minimum atomic E-state index is 0.810. The van der Waals surface area contributed by atoms with Gasteiger partial charge in [0.15, 0.2) is 0 Å². The average molecular weight is 288 g/mol. The molecule has 4 N–H and O–H groups in total. The summed E-state index contributed by atoms with van der Waals surface area (Å²) in [6, 6.07) is 16.7. The minimum Gasteiger partial charge on any atom is -0.398 e. The molecule has 0 saturated heterocycles. The van der Waals surface area contributed by atoms with Crippen molar-refractivity contribution < 1.29 is 0 Å². The van der Waals surface area contributed by atoms with Crippen LogP contribution in [0.15, 0.2) is 48.5 Å². The van der Waals surface area contributed by atoms with Crippen LogP contribution in [0.1, 0.15) is 24.0 Å². The van der Waals surface area contributed by atoms with Gasteiger partial charge in [-0.05, 0) is 59.7 Å². The van der Waals surface area contributed by atoms with Crippen LogP contribution >= 0.6 is 0 Å². The van der Waals surface area contributed by atoms with Gasteiger partial charge in [-0.25, -0.2) is 0 Å². The van der Waals surface area contributed by atoms with Crippen LogP contribution in [0.4, 0.5) is 11.4 Å². The van der Waals surface area contributed by atoms with Crippen LogP contribution in [0.5, 0.6) is 0 Å². The molecule has 0 amide bonds. The van der Waals surface area contributed by atoms with Crippen molar-refractivity contribution in [2.45, 2.75) is 25.7 Å². The highest BCUT2D eigenvalue weighted by Gasteiger charge is 2.19. The first kappa shape index (κ1) is 13.2. The molecule has 1 aliphatic carbocycles. The van der Waals surface area contributed by atoms with Gasteiger partial charge in [0.05, 0.1) is 0 Å². The molecule has 0 heterocycles. The molecule has 0 saturated carbocycles. The Morgan fingerprint density at radius 1 is 0.682 bits per heavy atom. The number of aryl methyl sites for hydroxylation is 1. The fourth-order valence-electron chi connectivity index (χ4n) is 3.71. The normalized spacial score (nSPS) is 14.0. The summed E-state index contributed by atoms with van der Waals surface area (Å²) >= 11 is 0. The topological polar surface area (TPSA) is 52.0 Å². The summed E-state index contributed by atoms with van der Waals surface area (Å²) in [5.74, 6) is 0. The van der Waals surface area contributed by atoms with Crippen LogP contribution in [0.2, 0.25) is 0 Å². The summed E-state index contributed by atoms with van der Waals surface area (Å²) in [6.07, 6.45) is 4.74. The predicted octanol–water partition coefficient (Wildman–Crippen LogP) is 4.55. The van der Waals surface area contributed by atoms with E-state index in [0.29, 0.717) is 0 Å². The van der Waals surface area contributed by atoms with E-state index in [1.807, 2.05) is 12.1 Å². The third-order valence-corrected chi connectivity index (χ3v) is 4.78. The molecule has 0 aromatic heterocycles. The monoisotopic (exact) mass is 288 g/mol. The van der Waals surface area contributed by atoms with Crippen LogP contribution in [0, 0.1) is 0 Å². The number of hydrogen-bond donors (Lipinski definition) is 2. The van der Waals surface area contributed by atoms with Gasteiger partial charge in [-0.3, -0.25) is 0 Å². The maximum Gasteiger partial charge on any atom is 0.0401 e. The molecule has 0 fully saturated rings. The van der Waals surface area contributed by atoms with Gasteiger partial charge in [0, 0.05) is 22.5 Å². The highest BCUT2D eigenvalue weighted by atomic mass is 14.6. The second-order valence-electron chi connectivity index (χ2n) is 6.13. The number of hydrogen-bond acceptors (Lipinski definition) is 2. The van der Waals surface area contributed by atoms with E-state index in [-0.39, 0.29) is 0 Å². The summed E-state index contributed by atoms with van der Waals surface area (Å²) in [7, 11) is 0. The zero-order valence-corrected chi connectivity index (χ0v) is 12.6. The lowest BCUT2D eigenvalue weighted by Gasteiger charge is -2.23. The zero-order chi connectivity index (χ0) is 15.1. The van der Waals surface area contributed by atoms with Gasteiger partial charge >= 0.3 is 0 Å². The molecule has 0 bridgehead atoms. The second kappa shape index (κ2) is 5.06. The lowest BCUT2D eigenvalue weighted by molar-refractivity contribution is 0.687. The number of anilines is 2. The first-order valence-electron chi connectivity index (χ1n) is 7.93. The molecule has 0 atom stereocenters. The Morgan fingerprint density at radius 3 is 2.32 bits per heavy atom. The summed E-state index contributed by atoms with van der Waals surface area (Å²) < 4.78 is 0. The van der Waals surface area contributed by atoms with Gasteiger partial charge < -0.3 is 11.5 Å². The molecular formula is C20H20N2. The van der Waals surface area contributed by atoms with Crippen LogP contribution in [0.3, 0.4) is 0 Å². The summed E-state index contributed by atoms with van der Waals surface area (Å²) in [4.78, 5) is 0. The third kappa shape index (κ3) is 1.95. The number of benzene rings is 3. The van der Waals surface area contributed by atoms with Crippen LogP contribution in [-0.2, 0) is 12.8 Å². The maximum atomic E-state index is 6.38. The van der Waals surface area contributed by atoms with Crippen molar-refractivity contribution in [3.8, 4) is 11.1 Å². The number of nitrogens with two attached hydrogens (primary N) is 2. The number of rotatable bonds is 1. The average Bonchev–Trinajstić information content (AvgIpc) is 2.56. The van der Waals surface area contributed by atoms with Crippen molar-refractivity contribution in [3.05, 3.63) is 59.7 Å². The van der Waals surface area contributed by atoms with Gasteiger partial charge in [0.25, 0.3) is 0 Å². The van der Waals surface area contributed by atoms with E-state index in [0.717, 1.165) is 35.3 Å². The summed E-state index contributed by atoms with van der Waals surface area (Å²) in [5.41, 5.74) is 19.5. The first-order valence-corrected chi connectivity index (χ1v) is 7.93. The van der Waals surface area contributed by atoms with Gasteiger partial charge in [0.1, 0.15) is 0 Å². The van der Waals surface area contributed by atoms with Crippen molar-refractivity contribution in [3.63, 3.8) is 0 Å². The fourth-order valence-corrected chi connectivity index (χ4v) is 3.71. The van der Waals surface area contributed by atoms with Crippen molar-refractivity contribution in [1.29, 1.82) is 0 Å². The molecular weight excluding hydrogens is 268 g/mol. The van der Waals surface area contributed by atoms with Crippen LogP contribution in [0.25, 0.3) is 21.9 Å². The Morgan fingerprint density at radius 2 is 1.41 bits per heavy atom. The second-order valence-corrected chi connectivity index (χ2v) is 6.13. The molecule has 22 heavy (non-hydrogen) atoms. The van der Waals surface area contributed by atoms with Crippen molar-refractivity contribution >= 4 is 22.1 Å². The Hall–Kier alpha value is -2.48. The van der Waals surface area contributed by atoms with E-state index < -0.39 is 0 Å². The van der Waals surface area contributed by atoms with E-state index in [1.165, 1.54) is 34.7 Å². The fraction of sp³-hybridized carbons (Fsp3) is 0.200. The number of fused-ring (bicyclic) bond motifs is 2. The molecule has 110 valence electrons.